The molecular formula is C19H14BN5O2. The van der Waals surface area contributed by atoms with Gasteiger partial charge >= 0.3 is 7.12 Å². The van der Waals surface area contributed by atoms with Crippen LogP contribution in [0.4, 0.5) is 0 Å². The van der Waals surface area contributed by atoms with Gasteiger partial charge in [0.05, 0.1) is 0 Å². The summed E-state index contributed by atoms with van der Waals surface area (Å²) in [6, 6.07) is 14.1. The lowest BCUT2D eigenvalue weighted by Crippen LogP contribution is -2.29. The number of nitrogens with zero attached hydrogens (tertiary/aromatic N) is 5. The number of aromatic nitrogens is 5. The number of benzene rings is 1. The molecule has 0 fully saturated rings. The van der Waals surface area contributed by atoms with Gasteiger partial charge in [0.2, 0.25) is 0 Å². The van der Waals surface area contributed by atoms with E-state index in [-0.39, 0.29) is 0 Å². The Labute approximate surface area is 155 Å². The van der Waals surface area contributed by atoms with Crippen molar-refractivity contribution in [3.8, 4) is 34.2 Å². The summed E-state index contributed by atoms with van der Waals surface area (Å²) in [5, 5.41) is 18.5. The Morgan fingerprint density at radius 1 is 0.519 bits per heavy atom. The Morgan fingerprint density at radius 3 is 1.26 bits per heavy atom. The highest BCUT2D eigenvalue weighted by Crippen LogP contribution is 2.23. The van der Waals surface area contributed by atoms with Gasteiger partial charge in [0.25, 0.3) is 0 Å². The van der Waals surface area contributed by atoms with E-state index in [1.54, 1.807) is 49.1 Å². The summed E-state index contributed by atoms with van der Waals surface area (Å²) in [7, 11) is -1.52. The van der Waals surface area contributed by atoms with Crippen LogP contribution in [0.5, 0.6) is 0 Å². The number of hydrogen-bond donors (Lipinski definition) is 2. The van der Waals surface area contributed by atoms with Crippen molar-refractivity contribution in [3.05, 3.63) is 73.3 Å². The van der Waals surface area contributed by atoms with Gasteiger partial charge in [-0.1, -0.05) is 24.3 Å². The molecule has 0 amide bonds. The first kappa shape index (κ1) is 17.0. The Kier molecular flexibility index (Phi) is 4.65. The summed E-state index contributed by atoms with van der Waals surface area (Å²) in [6.07, 6.45) is 6.73. The van der Waals surface area contributed by atoms with Gasteiger partial charge in [-0.05, 0) is 29.7 Å². The minimum Gasteiger partial charge on any atom is -0.423 e. The quantitative estimate of drug-likeness (QED) is 0.532. The highest BCUT2D eigenvalue weighted by Gasteiger charge is 2.14. The van der Waals surface area contributed by atoms with E-state index >= 15 is 0 Å². The van der Waals surface area contributed by atoms with Crippen molar-refractivity contribution in [2.45, 2.75) is 0 Å². The van der Waals surface area contributed by atoms with Gasteiger partial charge in [0.1, 0.15) is 0 Å². The summed E-state index contributed by atoms with van der Waals surface area (Å²) in [4.78, 5) is 21.8. The zero-order valence-electron chi connectivity index (χ0n) is 14.1. The van der Waals surface area contributed by atoms with E-state index in [9.17, 15) is 10.0 Å². The second-order valence-electron chi connectivity index (χ2n) is 5.77. The summed E-state index contributed by atoms with van der Waals surface area (Å²) in [6.45, 7) is 0. The Morgan fingerprint density at radius 2 is 0.889 bits per heavy atom. The lowest BCUT2D eigenvalue weighted by Gasteiger charge is -2.08. The maximum Gasteiger partial charge on any atom is 0.488 e. The van der Waals surface area contributed by atoms with Crippen molar-refractivity contribution in [2.75, 3.05) is 0 Å². The molecule has 4 rings (SSSR count). The standard InChI is InChI=1S/C19H14BN5O2/c26-20(27)16-3-1-13(2-4-16)17-23-18(14-5-9-21-10-6-14)25-19(24-17)15-7-11-22-12-8-15/h1-12,26-27H. The first-order valence-electron chi connectivity index (χ1n) is 8.24. The van der Waals surface area contributed by atoms with Gasteiger partial charge in [0, 0.05) is 41.5 Å². The molecule has 0 aliphatic heterocycles. The van der Waals surface area contributed by atoms with Gasteiger partial charge in [-0.3, -0.25) is 9.97 Å². The predicted octanol–water partition coefficient (Wildman–Crippen LogP) is 1.34. The zero-order valence-corrected chi connectivity index (χ0v) is 14.1. The summed E-state index contributed by atoms with van der Waals surface area (Å²) < 4.78 is 0. The van der Waals surface area contributed by atoms with Crippen molar-refractivity contribution >= 4 is 12.6 Å². The second-order valence-corrected chi connectivity index (χ2v) is 5.77. The van der Waals surface area contributed by atoms with Crippen molar-refractivity contribution in [1.82, 2.24) is 24.9 Å². The SMILES string of the molecule is OB(O)c1ccc(-c2nc(-c3ccncc3)nc(-c3ccncc3)n2)cc1. The maximum absolute atomic E-state index is 9.27. The Hall–Kier alpha value is -3.49. The molecule has 0 radical (unpaired) electrons. The van der Waals surface area contributed by atoms with Gasteiger partial charge < -0.3 is 10.0 Å². The number of rotatable bonds is 4. The fourth-order valence-electron chi connectivity index (χ4n) is 2.57. The molecule has 4 aromatic rings. The minimum atomic E-state index is -1.52. The number of pyridine rings is 2. The van der Waals surface area contributed by atoms with E-state index < -0.39 is 7.12 Å². The van der Waals surface area contributed by atoms with Crippen molar-refractivity contribution < 1.29 is 10.0 Å². The largest absolute Gasteiger partial charge is 0.488 e. The molecule has 0 atom stereocenters. The van der Waals surface area contributed by atoms with E-state index in [2.05, 4.69) is 24.9 Å². The maximum atomic E-state index is 9.27. The molecule has 0 aliphatic carbocycles. The third-order valence-corrected chi connectivity index (χ3v) is 3.98. The average molecular weight is 355 g/mol. The van der Waals surface area contributed by atoms with Crippen molar-refractivity contribution in [3.63, 3.8) is 0 Å². The monoisotopic (exact) mass is 355 g/mol. The molecule has 27 heavy (non-hydrogen) atoms. The van der Waals surface area contributed by atoms with Crippen LogP contribution in [0, 0.1) is 0 Å². The van der Waals surface area contributed by atoms with E-state index in [1.165, 1.54) is 0 Å². The molecular weight excluding hydrogens is 341 g/mol. The molecule has 8 heteroatoms. The van der Waals surface area contributed by atoms with Crippen LogP contribution in [0.1, 0.15) is 0 Å². The third-order valence-electron chi connectivity index (χ3n) is 3.98. The lowest BCUT2D eigenvalue weighted by molar-refractivity contribution is 0.426. The van der Waals surface area contributed by atoms with Crippen LogP contribution >= 0.6 is 0 Å². The van der Waals surface area contributed by atoms with E-state index in [4.69, 9.17) is 0 Å². The second kappa shape index (κ2) is 7.41. The van der Waals surface area contributed by atoms with Gasteiger partial charge in [0.15, 0.2) is 17.5 Å². The molecule has 7 nitrogen and oxygen atoms in total. The number of hydrogen-bond acceptors (Lipinski definition) is 7. The molecule has 1 aromatic carbocycles. The minimum absolute atomic E-state index is 0.400. The van der Waals surface area contributed by atoms with Gasteiger partial charge in [-0.25, -0.2) is 15.0 Å². The average Bonchev–Trinajstić information content (AvgIpc) is 2.75. The fraction of sp³-hybridized carbons (Fsp3) is 0. The molecule has 0 spiro atoms. The molecule has 3 aromatic heterocycles. The molecule has 0 saturated heterocycles. The van der Waals surface area contributed by atoms with E-state index in [1.807, 2.05) is 24.3 Å². The molecule has 130 valence electrons. The summed E-state index contributed by atoms with van der Waals surface area (Å²) in [5.41, 5.74) is 2.79. The van der Waals surface area contributed by atoms with Crippen LogP contribution < -0.4 is 5.46 Å². The molecule has 0 bridgehead atoms. The molecule has 2 N–H and O–H groups in total. The summed E-state index contributed by atoms with van der Waals surface area (Å²) in [5.74, 6) is 1.54. The molecule has 0 saturated carbocycles. The van der Waals surface area contributed by atoms with Crippen LogP contribution in [0.3, 0.4) is 0 Å². The third kappa shape index (κ3) is 3.71. The Bertz CT molecular complexity index is 987. The van der Waals surface area contributed by atoms with Crippen LogP contribution in [0.25, 0.3) is 34.2 Å². The van der Waals surface area contributed by atoms with Gasteiger partial charge in [-0.2, -0.15) is 0 Å². The van der Waals surface area contributed by atoms with Crippen LogP contribution in [0.15, 0.2) is 73.3 Å². The van der Waals surface area contributed by atoms with E-state index in [0.29, 0.717) is 22.9 Å². The molecule has 0 unspecified atom stereocenters. The van der Waals surface area contributed by atoms with Crippen LogP contribution in [0.2, 0.25) is 0 Å². The van der Waals surface area contributed by atoms with Crippen LogP contribution in [-0.2, 0) is 0 Å². The topological polar surface area (TPSA) is 105 Å². The first-order chi connectivity index (χ1) is 13.2. The highest BCUT2D eigenvalue weighted by molar-refractivity contribution is 6.58. The smallest absolute Gasteiger partial charge is 0.423 e. The lowest BCUT2D eigenvalue weighted by atomic mass is 9.80. The van der Waals surface area contributed by atoms with Crippen molar-refractivity contribution in [2.24, 2.45) is 0 Å². The van der Waals surface area contributed by atoms with Gasteiger partial charge in [-0.15, -0.1) is 0 Å². The predicted molar refractivity (Wildman–Crippen MR) is 102 cm³/mol. The van der Waals surface area contributed by atoms with Crippen LogP contribution in [-0.4, -0.2) is 42.1 Å². The fourth-order valence-corrected chi connectivity index (χ4v) is 2.57. The molecule has 0 aliphatic rings. The van der Waals surface area contributed by atoms with E-state index in [0.717, 1.165) is 16.7 Å². The zero-order chi connectivity index (χ0) is 18.6. The Balaban J connectivity index is 1.85. The first-order valence-corrected chi connectivity index (χ1v) is 8.24. The molecule has 3 heterocycles. The van der Waals surface area contributed by atoms with Crippen molar-refractivity contribution in [1.29, 1.82) is 0 Å². The highest BCUT2D eigenvalue weighted by atomic mass is 16.4. The summed E-state index contributed by atoms with van der Waals surface area (Å²) >= 11 is 0. The normalized spacial score (nSPS) is 10.6.